The number of carbonyl (C=O) groups excluding carboxylic acids is 1. The maximum atomic E-state index is 12.5. The average Bonchev–Trinajstić information content (AvgIpc) is 3.22. The van der Waals surface area contributed by atoms with Crippen molar-refractivity contribution in [3.63, 3.8) is 0 Å². The molecule has 2 aromatic carbocycles. The highest BCUT2D eigenvalue weighted by molar-refractivity contribution is 5.78. The number of nitrogens with one attached hydrogen (secondary N) is 1. The van der Waals surface area contributed by atoms with Gasteiger partial charge < -0.3 is 9.84 Å². The molecule has 6 nitrogen and oxygen atoms in total. The number of aromatic nitrogens is 2. The summed E-state index contributed by atoms with van der Waals surface area (Å²) in [5, 5.41) is 6.94. The van der Waals surface area contributed by atoms with E-state index < -0.39 is 0 Å². The van der Waals surface area contributed by atoms with Gasteiger partial charge in [-0.25, -0.2) is 0 Å². The second-order valence-electron chi connectivity index (χ2n) is 7.64. The van der Waals surface area contributed by atoms with Gasteiger partial charge >= 0.3 is 0 Å². The second-order valence-corrected chi connectivity index (χ2v) is 7.64. The first kappa shape index (κ1) is 19.3. The van der Waals surface area contributed by atoms with Crippen molar-refractivity contribution in [3.05, 3.63) is 71.6 Å². The third kappa shape index (κ3) is 5.09. The van der Waals surface area contributed by atoms with Crippen LogP contribution in [-0.4, -0.2) is 34.0 Å². The number of amides is 1. The predicted molar refractivity (Wildman–Crippen MR) is 111 cm³/mol. The number of hydrogen-bond acceptors (Lipinski definition) is 5. The number of aryl methyl sites for hydroxylation is 1. The van der Waals surface area contributed by atoms with Gasteiger partial charge in [-0.2, -0.15) is 4.98 Å². The van der Waals surface area contributed by atoms with Crippen molar-refractivity contribution in [2.45, 2.75) is 32.9 Å². The highest BCUT2D eigenvalue weighted by Crippen LogP contribution is 2.20. The summed E-state index contributed by atoms with van der Waals surface area (Å²) in [5.74, 6) is 1.08. The lowest BCUT2D eigenvalue weighted by Gasteiger charge is -2.31. The summed E-state index contributed by atoms with van der Waals surface area (Å²) in [6.07, 6.45) is 1.74. The van der Waals surface area contributed by atoms with Gasteiger partial charge in [-0.15, -0.1) is 0 Å². The van der Waals surface area contributed by atoms with Gasteiger partial charge in [-0.05, 0) is 38.4 Å². The molecular weight excluding hydrogens is 364 g/mol. The van der Waals surface area contributed by atoms with Crippen LogP contribution >= 0.6 is 0 Å². The summed E-state index contributed by atoms with van der Waals surface area (Å²) < 4.78 is 5.27. The Morgan fingerprint density at radius 3 is 2.69 bits per heavy atom. The first-order valence-corrected chi connectivity index (χ1v) is 10.1. The average molecular weight is 390 g/mol. The molecule has 0 radical (unpaired) electrons. The molecule has 3 aromatic rings. The predicted octanol–water partition coefficient (Wildman–Crippen LogP) is 3.57. The van der Waals surface area contributed by atoms with Gasteiger partial charge in [0.2, 0.25) is 17.6 Å². The van der Waals surface area contributed by atoms with Crippen molar-refractivity contribution in [1.82, 2.24) is 20.4 Å². The molecule has 0 unspecified atom stereocenters. The van der Waals surface area contributed by atoms with Crippen molar-refractivity contribution in [2.75, 3.05) is 13.1 Å². The molecule has 0 atom stereocenters. The van der Waals surface area contributed by atoms with E-state index in [1.54, 1.807) is 0 Å². The fourth-order valence-electron chi connectivity index (χ4n) is 3.76. The van der Waals surface area contributed by atoms with E-state index >= 15 is 0 Å². The van der Waals surface area contributed by atoms with Gasteiger partial charge in [0.1, 0.15) is 0 Å². The molecule has 1 aliphatic heterocycles. The van der Waals surface area contributed by atoms with E-state index in [9.17, 15) is 4.79 Å². The fourth-order valence-corrected chi connectivity index (χ4v) is 3.76. The first-order valence-electron chi connectivity index (χ1n) is 10.1. The third-order valence-electron chi connectivity index (χ3n) is 5.36. The van der Waals surface area contributed by atoms with Crippen LogP contribution in [0.1, 0.15) is 29.9 Å². The van der Waals surface area contributed by atoms with E-state index in [-0.39, 0.29) is 18.4 Å². The molecule has 0 spiro atoms. The summed E-state index contributed by atoms with van der Waals surface area (Å²) in [4.78, 5) is 19.3. The summed E-state index contributed by atoms with van der Waals surface area (Å²) in [6.45, 7) is 5.20. The topological polar surface area (TPSA) is 71.3 Å². The molecule has 0 saturated carbocycles. The van der Waals surface area contributed by atoms with Crippen LogP contribution in [0, 0.1) is 12.8 Å². The van der Waals surface area contributed by atoms with Crippen molar-refractivity contribution in [2.24, 2.45) is 5.92 Å². The van der Waals surface area contributed by atoms with E-state index in [1.807, 2.05) is 30.3 Å². The van der Waals surface area contributed by atoms with Crippen LogP contribution in [0.4, 0.5) is 0 Å². The Bertz CT molecular complexity index is 946. The van der Waals surface area contributed by atoms with Crippen LogP contribution in [0.5, 0.6) is 0 Å². The normalized spacial score (nSPS) is 15.3. The minimum atomic E-state index is 0.0419. The Morgan fingerprint density at radius 2 is 1.93 bits per heavy atom. The zero-order valence-corrected chi connectivity index (χ0v) is 16.7. The van der Waals surface area contributed by atoms with Crippen molar-refractivity contribution in [3.8, 4) is 11.4 Å². The Hall–Kier alpha value is -2.99. The highest BCUT2D eigenvalue weighted by atomic mass is 16.5. The van der Waals surface area contributed by atoms with Crippen LogP contribution in [0.2, 0.25) is 0 Å². The van der Waals surface area contributed by atoms with Crippen LogP contribution < -0.4 is 5.32 Å². The Labute approximate surface area is 170 Å². The first-order chi connectivity index (χ1) is 14.2. The lowest BCUT2D eigenvalue weighted by Crippen LogP contribution is -2.40. The summed E-state index contributed by atoms with van der Waals surface area (Å²) in [6, 6.07) is 18.3. The van der Waals surface area contributed by atoms with Gasteiger partial charge in [0.15, 0.2) is 0 Å². The van der Waals surface area contributed by atoms with E-state index in [2.05, 4.69) is 51.5 Å². The molecule has 1 saturated heterocycles. The number of hydrogen-bond donors (Lipinski definition) is 1. The lowest BCUT2D eigenvalue weighted by atomic mass is 9.95. The largest absolute Gasteiger partial charge is 0.347 e. The smallest absolute Gasteiger partial charge is 0.246 e. The Balaban J connectivity index is 1.24. The molecule has 0 aliphatic carbocycles. The molecule has 1 amide bonds. The molecule has 2 heterocycles. The van der Waals surface area contributed by atoms with Crippen LogP contribution in [0.15, 0.2) is 59.1 Å². The van der Waals surface area contributed by atoms with Gasteiger partial charge in [0, 0.05) is 18.0 Å². The minimum Gasteiger partial charge on any atom is -0.347 e. The van der Waals surface area contributed by atoms with Gasteiger partial charge in [-0.3, -0.25) is 9.69 Å². The van der Waals surface area contributed by atoms with E-state index in [1.165, 1.54) is 11.1 Å². The van der Waals surface area contributed by atoms with E-state index in [4.69, 9.17) is 4.52 Å². The summed E-state index contributed by atoms with van der Waals surface area (Å²) in [7, 11) is 0. The number of likely N-dealkylation sites (tertiary alicyclic amines) is 1. The number of benzene rings is 2. The molecule has 4 rings (SSSR count). The maximum absolute atomic E-state index is 12.5. The molecule has 1 fully saturated rings. The molecule has 1 aromatic heterocycles. The number of carbonyl (C=O) groups is 1. The van der Waals surface area contributed by atoms with Crippen LogP contribution in [0.25, 0.3) is 11.4 Å². The SMILES string of the molecule is Cc1cccc(CN2CCC(C(=O)NCc3nc(-c4ccccc4)no3)CC2)c1. The summed E-state index contributed by atoms with van der Waals surface area (Å²) >= 11 is 0. The quantitative estimate of drug-likeness (QED) is 0.697. The standard InChI is InChI=1S/C23H26N4O2/c1-17-6-5-7-18(14-17)16-27-12-10-20(11-13-27)23(28)24-15-21-25-22(26-29-21)19-8-3-2-4-9-19/h2-9,14,20H,10-13,15-16H2,1H3,(H,24,28). The number of nitrogens with zero attached hydrogens (tertiary/aromatic N) is 3. The van der Waals surface area contributed by atoms with Gasteiger partial charge in [-0.1, -0.05) is 65.3 Å². The van der Waals surface area contributed by atoms with E-state index in [0.717, 1.165) is 38.0 Å². The lowest BCUT2D eigenvalue weighted by molar-refractivity contribution is -0.126. The summed E-state index contributed by atoms with van der Waals surface area (Å²) in [5.41, 5.74) is 3.52. The Morgan fingerprint density at radius 1 is 1.14 bits per heavy atom. The molecule has 1 aliphatic rings. The van der Waals surface area contributed by atoms with Crippen LogP contribution in [-0.2, 0) is 17.9 Å². The molecule has 6 heteroatoms. The third-order valence-corrected chi connectivity index (χ3v) is 5.36. The fraction of sp³-hybridized carbons (Fsp3) is 0.348. The molecule has 150 valence electrons. The zero-order valence-electron chi connectivity index (χ0n) is 16.7. The zero-order chi connectivity index (χ0) is 20.1. The van der Waals surface area contributed by atoms with Crippen LogP contribution in [0.3, 0.4) is 0 Å². The van der Waals surface area contributed by atoms with E-state index in [0.29, 0.717) is 11.7 Å². The molecule has 29 heavy (non-hydrogen) atoms. The number of piperidine rings is 1. The van der Waals surface area contributed by atoms with Gasteiger partial charge in [0.25, 0.3) is 0 Å². The highest BCUT2D eigenvalue weighted by Gasteiger charge is 2.25. The monoisotopic (exact) mass is 390 g/mol. The Kier molecular flexibility index (Phi) is 6.00. The molecular formula is C23H26N4O2. The number of rotatable bonds is 6. The maximum Gasteiger partial charge on any atom is 0.246 e. The molecule has 1 N–H and O–H groups in total. The second kappa shape index (κ2) is 9.01. The van der Waals surface area contributed by atoms with Crippen molar-refractivity contribution < 1.29 is 9.32 Å². The van der Waals surface area contributed by atoms with Crippen molar-refractivity contribution >= 4 is 5.91 Å². The minimum absolute atomic E-state index is 0.0419. The van der Waals surface area contributed by atoms with Crippen molar-refractivity contribution in [1.29, 1.82) is 0 Å². The van der Waals surface area contributed by atoms with Gasteiger partial charge in [0.05, 0.1) is 6.54 Å². The molecule has 0 bridgehead atoms.